The van der Waals surface area contributed by atoms with Crippen LogP contribution in [0.5, 0.6) is 0 Å². The Kier molecular flexibility index (Phi) is 6.94. The van der Waals surface area contributed by atoms with Crippen molar-refractivity contribution in [3.8, 4) is 6.07 Å². The minimum Gasteiger partial charge on any atom is -0.324 e. The van der Waals surface area contributed by atoms with Crippen molar-refractivity contribution in [2.75, 3.05) is 5.32 Å². The van der Waals surface area contributed by atoms with E-state index in [4.69, 9.17) is 5.26 Å². The van der Waals surface area contributed by atoms with Gasteiger partial charge in [-0.2, -0.15) is 5.26 Å². The molecule has 0 aromatic heterocycles. The molecular formula is C22H27N3O. The third-order valence-electron chi connectivity index (χ3n) is 4.32. The molecule has 0 spiro atoms. The van der Waals surface area contributed by atoms with Gasteiger partial charge in [0.2, 0.25) is 5.91 Å². The molecule has 0 heterocycles. The fraction of sp³-hybridized carbons (Fsp3) is 0.364. The summed E-state index contributed by atoms with van der Waals surface area (Å²) in [6.45, 7) is 8.30. The molecule has 2 N–H and O–H groups in total. The van der Waals surface area contributed by atoms with Crippen molar-refractivity contribution in [1.82, 2.24) is 5.32 Å². The van der Waals surface area contributed by atoms with Gasteiger partial charge in [-0.1, -0.05) is 50.2 Å². The molecule has 4 heteroatoms. The van der Waals surface area contributed by atoms with Gasteiger partial charge in [-0.25, -0.2) is 0 Å². The predicted molar refractivity (Wildman–Crippen MR) is 106 cm³/mol. The van der Waals surface area contributed by atoms with Gasteiger partial charge in [-0.15, -0.1) is 0 Å². The molecule has 0 unspecified atom stereocenters. The zero-order valence-electron chi connectivity index (χ0n) is 15.9. The molecule has 0 bridgehead atoms. The van der Waals surface area contributed by atoms with Gasteiger partial charge in [0.15, 0.2) is 0 Å². The number of para-hydroxylation sites is 1. The number of hydrogen-bond donors (Lipinski definition) is 2. The minimum absolute atomic E-state index is 0.0510. The van der Waals surface area contributed by atoms with Crippen LogP contribution in [0.3, 0.4) is 0 Å². The van der Waals surface area contributed by atoms with E-state index in [1.807, 2.05) is 13.8 Å². The molecule has 0 radical (unpaired) electrons. The number of anilines is 1. The normalized spacial score (nSPS) is 13.1. The van der Waals surface area contributed by atoms with Crippen molar-refractivity contribution in [3.05, 3.63) is 65.2 Å². The Morgan fingerprint density at radius 3 is 2.31 bits per heavy atom. The van der Waals surface area contributed by atoms with Crippen molar-refractivity contribution < 1.29 is 4.79 Å². The average molecular weight is 349 g/mol. The summed E-state index contributed by atoms with van der Waals surface area (Å²) in [5.74, 6) is 0.479. The molecule has 0 aliphatic heterocycles. The van der Waals surface area contributed by atoms with Gasteiger partial charge in [-0.3, -0.25) is 10.1 Å². The topological polar surface area (TPSA) is 64.9 Å². The smallest absolute Gasteiger partial charge is 0.241 e. The maximum atomic E-state index is 12.4. The van der Waals surface area contributed by atoms with Crippen LogP contribution in [0.15, 0.2) is 48.5 Å². The van der Waals surface area contributed by atoms with Gasteiger partial charge in [0.25, 0.3) is 0 Å². The highest BCUT2D eigenvalue weighted by atomic mass is 16.2. The van der Waals surface area contributed by atoms with Crippen LogP contribution in [0.4, 0.5) is 5.69 Å². The third kappa shape index (κ3) is 5.44. The van der Waals surface area contributed by atoms with E-state index >= 15 is 0 Å². The number of hydrogen-bond acceptors (Lipinski definition) is 3. The van der Waals surface area contributed by atoms with Gasteiger partial charge >= 0.3 is 0 Å². The highest BCUT2D eigenvalue weighted by Crippen LogP contribution is 2.17. The van der Waals surface area contributed by atoms with Crippen LogP contribution < -0.4 is 10.6 Å². The second-order valence-electron chi connectivity index (χ2n) is 7.10. The summed E-state index contributed by atoms with van der Waals surface area (Å²) in [5.41, 5.74) is 3.48. The van der Waals surface area contributed by atoms with Crippen LogP contribution >= 0.6 is 0 Å². The van der Waals surface area contributed by atoms with E-state index in [-0.39, 0.29) is 18.0 Å². The SMILES string of the molecule is CC(C)Cc1ccc([C@H](C)N[C@H](C)C(=O)Nc2ccccc2C#N)cc1. The van der Waals surface area contributed by atoms with Crippen LogP contribution in [0.1, 0.15) is 50.4 Å². The first-order valence-corrected chi connectivity index (χ1v) is 9.05. The van der Waals surface area contributed by atoms with E-state index in [0.717, 1.165) is 12.0 Å². The Labute approximate surface area is 156 Å². The number of rotatable bonds is 7. The number of benzene rings is 2. The molecule has 0 saturated carbocycles. The first-order chi connectivity index (χ1) is 12.4. The molecule has 4 nitrogen and oxygen atoms in total. The number of nitriles is 1. The van der Waals surface area contributed by atoms with Crippen molar-refractivity contribution in [2.24, 2.45) is 5.92 Å². The lowest BCUT2D eigenvalue weighted by Gasteiger charge is -2.20. The van der Waals surface area contributed by atoms with E-state index in [9.17, 15) is 4.79 Å². The first kappa shape index (κ1) is 19.7. The number of carbonyl (C=O) groups excluding carboxylic acids is 1. The van der Waals surface area contributed by atoms with Crippen LogP contribution in [-0.4, -0.2) is 11.9 Å². The molecule has 0 saturated heterocycles. The molecule has 1 amide bonds. The summed E-state index contributed by atoms with van der Waals surface area (Å²) >= 11 is 0. The van der Waals surface area contributed by atoms with Crippen molar-refractivity contribution in [2.45, 2.75) is 46.2 Å². The third-order valence-corrected chi connectivity index (χ3v) is 4.32. The largest absolute Gasteiger partial charge is 0.324 e. The van der Waals surface area contributed by atoms with E-state index < -0.39 is 0 Å². The molecule has 136 valence electrons. The minimum atomic E-state index is -0.382. The summed E-state index contributed by atoms with van der Waals surface area (Å²) in [4.78, 5) is 12.4. The van der Waals surface area contributed by atoms with Crippen LogP contribution in [0, 0.1) is 17.2 Å². The molecule has 2 rings (SSSR count). The fourth-order valence-corrected chi connectivity index (χ4v) is 2.89. The zero-order valence-corrected chi connectivity index (χ0v) is 15.9. The highest BCUT2D eigenvalue weighted by molar-refractivity contribution is 5.95. The van der Waals surface area contributed by atoms with Crippen LogP contribution in [-0.2, 0) is 11.2 Å². The Bertz CT molecular complexity index is 775. The Balaban J connectivity index is 1.96. The van der Waals surface area contributed by atoms with Crippen LogP contribution in [0.2, 0.25) is 0 Å². The second kappa shape index (κ2) is 9.17. The number of nitrogens with zero attached hydrogens (tertiary/aromatic N) is 1. The monoisotopic (exact) mass is 349 g/mol. The standard InChI is InChI=1S/C22H27N3O/c1-15(2)13-18-9-11-19(12-10-18)16(3)24-17(4)22(26)25-21-8-6-5-7-20(21)14-23/h5-12,15-17,24H,13H2,1-4H3,(H,25,26)/t16-,17+/m0/s1. The van der Waals surface area contributed by atoms with Crippen molar-refractivity contribution in [1.29, 1.82) is 5.26 Å². The van der Waals surface area contributed by atoms with E-state index in [0.29, 0.717) is 17.2 Å². The Morgan fingerprint density at radius 1 is 1.04 bits per heavy atom. The fourth-order valence-electron chi connectivity index (χ4n) is 2.89. The molecule has 0 fully saturated rings. The van der Waals surface area contributed by atoms with Crippen molar-refractivity contribution in [3.63, 3.8) is 0 Å². The van der Waals surface area contributed by atoms with Gasteiger partial charge in [-0.05, 0) is 49.4 Å². The van der Waals surface area contributed by atoms with Crippen molar-refractivity contribution >= 4 is 11.6 Å². The summed E-state index contributed by atoms with van der Waals surface area (Å²) in [7, 11) is 0. The number of carbonyl (C=O) groups is 1. The summed E-state index contributed by atoms with van der Waals surface area (Å²) in [6, 6.07) is 17.3. The van der Waals surface area contributed by atoms with Crippen LogP contribution in [0.25, 0.3) is 0 Å². The molecule has 2 aromatic rings. The van der Waals surface area contributed by atoms with E-state index in [2.05, 4.69) is 54.8 Å². The second-order valence-corrected chi connectivity index (χ2v) is 7.10. The van der Waals surface area contributed by atoms with Gasteiger partial charge in [0.1, 0.15) is 6.07 Å². The lowest BCUT2D eigenvalue weighted by atomic mass is 9.99. The van der Waals surface area contributed by atoms with E-state index in [1.54, 1.807) is 24.3 Å². The predicted octanol–water partition coefficient (Wildman–Crippen LogP) is 4.43. The highest BCUT2D eigenvalue weighted by Gasteiger charge is 2.17. The first-order valence-electron chi connectivity index (χ1n) is 9.05. The molecule has 2 aromatic carbocycles. The van der Waals surface area contributed by atoms with Gasteiger partial charge < -0.3 is 5.32 Å². The van der Waals surface area contributed by atoms with Gasteiger partial charge in [0.05, 0.1) is 17.3 Å². The Morgan fingerprint density at radius 2 is 1.69 bits per heavy atom. The lowest BCUT2D eigenvalue weighted by Crippen LogP contribution is -2.39. The summed E-state index contributed by atoms with van der Waals surface area (Å²) in [6.07, 6.45) is 1.07. The summed E-state index contributed by atoms with van der Waals surface area (Å²) < 4.78 is 0. The lowest BCUT2D eigenvalue weighted by molar-refractivity contribution is -0.117. The summed E-state index contributed by atoms with van der Waals surface area (Å²) in [5, 5.41) is 15.3. The molecular weight excluding hydrogens is 322 g/mol. The molecule has 0 aliphatic rings. The number of amides is 1. The maximum Gasteiger partial charge on any atom is 0.241 e. The average Bonchev–Trinajstić information content (AvgIpc) is 2.62. The van der Waals surface area contributed by atoms with Gasteiger partial charge in [0, 0.05) is 6.04 Å². The number of nitrogens with one attached hydrogen (secondary N) is 2. The molecule has 0 aliphatic carbocycles. The quantitative estimate of drug-likeness (QED) is 0.777. The van der Waals surface area contributed by atoms with E-state index in [1.165, 1.54) is 5.56 Å². The Hall–Kier alpha value is -2.64. The zero-order chi connectivity index (χ0) is 19.1. The molecule has 2 atom stereocenters. The molecule has 26 heavy (non-hydrogen) atoms. The maximum absolute atomic E-state index is 12.4.